The molecule has 0 unspecified atom stereocenters. The van der Waals surface area contributed by atoms with E-state index in [0.29, 0.717) is 11.2 Å². The highest BCUT2D eigenvalue weighted by molar-refractivity contribution is 6.00. The molecule has 2 N–H and O–H groups in total. The molecule has 0 fully saturated rings. The van der Waals surface area contributed by atoms with Gasteiger partial charge in [-0.25, -0.2) is 9.18 Å². The normalized spacial score (nSPS) is 11.2. The largest absolute Gasteiger partial charge is 0.478 e. The number of hydrogen-bond acceptors (Lipinski definition) is 2. The molecular formula is C18H11FN2O2. The van der Waals surface area contributed by atoms with Gasteiger partial charge in [-0.1, -0.05) is 36.4 Å². The average molecular weight is 306 g/mol. The molecule has 0 saturated heterocycles. The van der Waals surface area contributed by atoms with E-state index in [1.54, 1.807) is 0 Å². The molecule has 1 aromatic heterocycles. The highest BCUT2D eigenvalue weighted by Crippen LogP contribution is 2.31. The number of benzene rings is 3. The Kier molecular flexibility index (Phi) is 2.87. The first-order valence-electron chi connectivity index (χ1n) is 7.04. The number of H-pyrrole nitrogens is 1. The summed E-state index contributed by atoms with van der Waals surface area (Å²) in [5.41, 5.74) is 1.25. The highest BCUT2D eigenvalue weighted by atomic mass is 19.1. The van der Waals surface area contributed by atoms with E-state index in [0.717, 1.165) is 16.3 Å². The van der Waals surface area contributed by atoms with Crippen molar-refractivity contribution < 1.29 is 14.3 Å². The van der Waals surface area contributed by atoms with Crippen molar-refractivity contribution in [3.63, 3.8) is 0 Å². The first-order valence-corrected chi connectivity index (χ1v) is 7.04. The van der Waals surface area contributed by atoms with Crippen LogP contribution in [0.25, 0.3) is 32.9 Å². The van der Waals surface area contributed by atoms with Crippen molar-refractivity contribution in [3.8, 4) is 11.3 Å². The summed E-state index contributed by atoms with van der Waals surface area (Å²) in [5, 5.41) is 18.3. The number of halogens is 1. The van der Waals surface area contributed by atoms with E-state index in [9.17, 15) is 9.18 Å². The monoisotopic (exact) mass is 306 g/mol. The zero-order valence-corrected chi connectivity index (χ0v) is 11.9. The number of fused-ring (bicyclic) bond motifs is 2. The predicted octanol–water partition coefficient (Wildman–Crippen LogP) is 4.22. The fourth-order valence-electron chi connectivity index (χ4n) is 2.78. The summed E-state index contributed by atoms with van der Waals surface area (Å²) < 4.78 is 14.6. The molecule has 0 saturated carbocycles. The van der Waals surface area contributed by atoms with Crippen LogP contribution < -0.4 is 0 Å². The number of rotatable bonds is 2. The Hall–Kier alpha value is -3.21. The number of nitrogens with one attached hydrogen (secondary N) is 1. The van der Waals surface area contributed by atoms with Gasteiger partial charge in [0.25, 0.3) is 0 Å². The topological polar surface area (TPSA) is 66.0 Å². The van der Waals surface area contributed by atoms with Crippen LogP contribution in [0.15, 0.2) is 54.6 Å². The first kappa shape index (κ1) is 13.5. The van der Waals surface area contributed by atoms with Crippen LogP contribution in [0.5, 0.6) is 0 Å². The fourth-order valence-corrected chi connectivity index (χ4v) is 2.78. The molecule has 0 spiro atoms. The van der Waals surface area contributed by atoms with Crippen LogP contribution in [-0.4, -0.2) is 21.3 Å². The lowest BCUT2D eigenvalue weighted by Gasteiger charge is -2.03. The van der Waals surface area contributed by atoms with Crippen LogP contribution in [0.3, 0.4) is 0 Å². The Labute approximate surface area is 130 Å². The molecular weight excluding hydrogens is 295 g/mol. The second-order valence-electron chi connectivity index (χ2n) is 5.29. The lowest BCUT2D eigenvalue weighted by atomic mass is 10.0. The molecule has 0 aliphatic carbocycles. The van der Waals surface area contributed by atoms with Crippen molar-refractivity contribution in [2.45, 2.75) is 0 Å². The molecule has 4 rings (SSSR count). The number of aromatic carboxylic acids is 1. The maximum atomic E-state index is 14.6. The molecule has 0 aliphatic heterocycles. The van der Waals surface area contributed by atoms with Crippen LogP contribution in [0.1, 0.15) is 10.4 Å². The summed E-state index contributed by atoms with van der Waals surface area (Å²) >= 11 is 0. The number of aromatic nitrogens is 2. The zero-order chi connectivity index (χ0) is 16.0. The fraction of sp³-hybridized carbons (Fsp3) is 0. The van der Waals surface area contributed by atoms with E-state index in [4.69, 9.17) is 5.11 Å². The van der Waals surface area contributed by atoms with E-state index in [-0.39, 0.29) is 10.9 Å². The summed E-state index contributed by atoms with van der Waals surface area (Å²) in [4.78, 5) is 11.1. The van der Waals surface area contributed by atoms with Gasteiger partial charge in [0.15, 0.2) is 0 Å². The number of carboxylic acids is 1. The van der Waals surface area contributed by atoms with Gasteiger partial charge in [-0.05, 0) is 29.0 Å². The third-order valence-electron chi connectivity index (χ3n) is 3.92. The van der Waals surface area contributed by atoms with Crippen LogP contribution >= 0.6 is 0 Å². The smallest absolute Gasteiger partial charge is 0.338 e. The summed E-state index contributed by atoms with van der Waals surface area (Å²) in [6.45, 7) is 0. The van der Waals surface area contributed by atoms with Gasteiger partial charge in [0.1, 0.15) is 11.5 Å². The molecule has 0 bridgehead atoms. The van der Waals surface area contributed by atoms with E-state index < -0.39 is 11.8 Å². The van der Waals surface area contributed by atoms with Gasteiger partial charge < -0.3 is 5.11 Å². The Morgan fingerprint density at radius 3 is 2.61 bits per heavy atom. The van der Waals surface area contributed by atoms with Gasteiger partial charge in [0.05, 0.1) is 16.5 Å². The standard InChI is InChI=1S/C18H11FN2O2/c19-16-13(18(22)23)7-8-14-15(16)17(21-20-14)12-6-5-10-3-1-2-4-11(10)9-12/h1-9H,(H,20,21)(H,22,23). The molecule has 4 aromatic rings. The van der Waals surface area contributed by atoms with E-state index >= 15 is 0 Å². The predicted molar refractivity (Wildman–Crippen MR) is 86.0 cm³/mol. The van der Waals surface area contributed by atoms with Gasteiger partial charge in [-0.15, -0.1) is 0 Å². The van der Waals surface area contributed by atoms with Crippen LogP contribution in [0, 0.1) is 5.82 Å². The van der Waals surface area contributed by atoms with E-state index in [1.165, 1.54) is 12.1 Å². The minimum absolute atomic E-state index is 0.195. The number of nitrogens with zero attached hydrogens (tertiary/aromatic N) is 1. The maximum Gasteiger partial charge on any atom is 0.338 e. The van der Waals surface area contributed by atoms with E-state index in [1.807, 2.05) is 42.5 Å². The molecule has 1 heterocycles. The molecule has 4 nitrogen and oxygen atoms in total. The molecule has 112 valence electrons. The average Bonchev–Trinajstić information content (AvgIpc) is 2.99. The second kappa shape index (κ2) is 4.91. The minimum Gasteiger partial charge on any atom is -0.478 e. The van der Waals surface area contributed by atoms with Gasteiger partial charge in [-0.2, -0.15) is 5.10 Å². The Morgan fingerprint density at radius 1 is 1.04 bits per heavy atom. The number of aromatic amines is 1. The van der Waals surface area contributed by atoms with Crippen molar-refractivity contribution in [2.24, 2.45) is 0 Å². The van der Waals surface area contributed by atoms with Crippen LogP contribution in [0.4, 0.5) is 4.39 Å². The van der Waals surface area contributed by atoms with Crippen LogP contribution in [0.2, 0.25) is 0 Å². The minimum atomic E-state index is -1.30. The summed E-state index contributed by atoms with van der Waals surface area (Å²) in [7, 11) is 0. The molecule has 0 atom stereocenters. The number of carboxylic acid groups (broad SMARTS) is 1. The second-order valence-corrected chi connectivity index (χ2v) is 5.29. The molecule has 0 radical (unpaired) electrons. The third-order valence-corrected chi connectivity index (χ3v) is 3.92. The van der Waals surface area contributed by atoms with Gasteiger partial charge in [0, 0.05) is 5.56 Å². The number of carbonyl (C=O) groups is 1. The Balaban J connectivity index is 2.00. The van der Waals surface area contributed by atoms with Gasteiger partial charge in [0.2, 0.25) is 0 Å². The maximum absolute atomic E-state index is 14.6. The SMILES string of the molecule is O=C(O)c1ccc2[nH]nc(-c3ccc4ccccc4c3)c2c1F. The van der Waals surface area contributed by atoms with Crippen molar-refractivity contribution in [2.75, 3.05) is 0 Å². The lowest BCUT2D eigenvalue weighted by Crippen LogP contribution is -2.00. The van der Waals surface area contributed by atoms with Gasteiger partial charge >= 0.3 is 5.97 Å². The molecule has 3 aromatic carbocycles. The zero-order valence-electron chi connectivity index (χ0n) is 11.9. The van der Waals surface area contributed by atoms with Crippen LogP contribution in [-0.2, 0) is 0 Å². The Bertz CT molecular complexity index is 1070. The summed E-state index contributed by atoms with van der Waals surface area (Å²) in [6.07, 6.45) is 0. The van der Waals surface area contributed by atoms with Crippen molar-refractivity contribution in [1.82, 2.24) is 10.2 Å². The van der Waals surface area contributed by atoms with Gasteiger partial charge in [-0.3, -0.25) is 5.10 Å². The molecule has 5 heteroatoms. The summed E-state index contributed by atoms with van der Waals surface area (Å²) in [5.74, 6) is -2.07. The number of hydrogen-bond donors (Lipinski definition) is 2. The highest BCUT2D eigenvalue weighted by Gasteiger charge is 2.19. The molecule has 0 aliphatic rings. The molecule has 23 heavy (non-hydrogen) atoms. The van der Waals surface area contributed by atoms with Crippen molar-refractivity contribution >= 4 is 27.6 Å². The van der Waals surface area contributed by atoms with Crippen molar-refractivity contribution in [3.05, 3.63) is 66.0 Å². The summed E-state index contributed by atoms with van der Waals surface area (Å²) in [6, 6.07) is 16.3. The Morgan fingerprint density at radius 2 is 1.83 bits per heavy atom. The van der Waals surface area contributed by atoms with E-state index in [2.05, 4.69) is 10.2 Å². The molecule has 0 amide bonds. The quantitative estimate of drug-likeness (QED) is 0.582. The lowest BCUT2D eigenvalue weighted by molar-refractivity contribution is 0.0692. The first-order chi connectivity index (χ1) is 11.1. The third kappa shape index (κ3) is 2.05. The van der Waals surface area contributed by atoms with Crippen molar-refractivity contribution in [1.29, 1.82) is 0 Å².